The van der Waals surface area contributed by atoms with Crippen LogP contribution in [0.2, 0.25) is 0 Å². The Bertz CT molecular complexity index is 1130. The molecule has 176 valence electrons. The number of carboxylic acids is 1. The van der Waals surface area contributed by atoms with Gasteiger partial charge < -0.3 is 14.6 Å². The summed E-state index contributed by atoms with van der Waals surface area (Å²) in [5.41, 5.74) is 1.52. The van der Waals surface area contributed by atoms with E-state index in [0.717, 1.165) is 33.2 Å². The fraction of sp³-hybridized carbons (Fsp3) is 0.304. The molecule has 0 bridgehead atoms. The number of carboxylic acid groups (broad SMARTS) is 1. The highest BCUT2D eigenvalue weighted by Crippen LogP contribution is 2.40. The minimum absolute atomic E-state index is 0.0166. The molecule has 0 aliphatic rings. The Labute approximate surface area is 197 Å². The molecule has 3 rings (SSSR count). The molecule has 0 atom stereocenters. The van der Waals surface area contributed by atoms with Crippen molar-refractivity contribution in [3.8, 4) is 22.1 Å². The van der Waals surface area contributed by atoms with Crippen LogP contribution in [-0.2, 0) is 23.1 Å². The summed E-state index contributed by atoms with van der Waals surface area (Å²) in [7, 11) is 3.08. The third kappa shape index (κ3) is 6.20. The van der Waals surface area contributed by atoms with E-state index in [4.69, 9.17) is 14.6 Å². The smallest absolute Gasteiger partial charge is 0.416 e. The topological polar surface area (TPSA) is 68.7 Å². The number of halogens is 3. The van der Waals surface area contributed by atoms with Gasteiger partial charge in [0, 0.05) is 28.7 Å². The highest BCUT2D eigenvalue weighted by molar-refractivity contribution is 7.98. The highest BCUT2D eigenvalue weighted by atomic mass is 32.2. The summed E-state index contributed by atoms with van der Waals surface area (Å²) in [5, 5.41) is 9.66. The number of hydrogen-bond donors (Lipinski definition) is 1. The van der Waals surface area contributed by atoms with Crippen molar-refractivity contribution in [2.45, 2.75) is 36.6 Å². The van der Waals surface area contributed by atoms with Crippen LogP contribution in [-0.4, -0.2) is 30.3 Å². The van der Waals surface area contributed by atoms with Crippen LogP contribution in [0.25, 0.3) is 10.6 Å². The SMILES string of the molecule is COc1cc(OC)c(SCc2sc(-c3ccc(C(F)(F)F)cc3)nc2C)cc1CCC(=O)O. The van der Waals surface area contributed by atoms with Crippen molar-refractivity contribution in [2.24, 2.45) is 0 Å². The minimum atomic E-state index is -4.38. The van der Waals surface area contributed by atoms with E-state index in [2.05, 4.69) is 4.98 Å². The average molecular weight is 498 g/mol. The first kappa shape index (κ1) is 24.9. The summed E-state index contributed by atoms with van der Waals surface area (Å²) < 4.78 is 49.3. The third-order valence-corrected chi connectivity index (χ3v) is 7.34. The molecule has 5 nitrogen and oxygen atoms in total. The Morgan fingerprint density at radius 2 is 1.79 bits per heavy atom. The van der Waals surface area contributed by atoms with E-state index in [1.165, 1.54) is 42.3 Å². The van der Waals surface area contributed by atoms with Gasteiger partial charge in [-0.15, -0.1) is 23.1 Å². The summed E-state index contributed by atoms with van der Waals surface area (Å²) in [6, 6.07) is 8.59. The maximum absolute atomic E-state index is 12.8. The van der Waals surface area contributed by atoms with Crippen molar-refractivity contribution in [1.29, 1.82) is 0 Å². The predicted molar refractivity (Wildman–Crippen MR) is 122 cm³/mol. The third-order valence-electron chi connectivity index (χ3n) is 4.89. The second-order valence-corrected chi connectivity index (χ2v) is 9.20. The van der Waals surface area contributed by atoms with E-state index in [0.29, 0.717) is 34.2 Å². The van der Waals surface area contributed by atoms with Gasteiger partial charge in [0.2, 0.25) is 0 Å². The van der Waals surface area contributed by atoms with Gasteiger partial charge in [-0.25, -0.2) is 4.98 Å². The first-order chi connectivity index (χ1) is 15.6. The molecular weight excluding hydrogens is 475 g/mol. The van der Waals surface area contributed by atoms with Gasteiger partial charge in [-0.1, -0.05) is 12.1 Å². The fourth-order valence-corrected chi connectivity index (χ4v) is 5.39. The van der Waals surface area contributed by atoms with E-state index < -0.39 is 17.7 Å². The van der Waals surface area contributed by atoms with Crippen LogP contribution in [0, 0.1) is 6.92 Å². The van der Waals surface area contributed by atoms with Crippen molar-refractivity contribution in [3.63, 3.8) is 0 Å². The maximum atomic E-state index is 12.8. The zero-order valence-corrected chi connectivity index (χ0v) is 19.8. The zero-order chi connectivity index (χ0) is 24.2. The Morgan fingerprint density at radius 3 is 2.36 bits per heavy atom. The lowest BCUT2D eigenvalue weighted by atomic mass is 10.1. The normalized spacial score (nSPS) is 11.5. The van der Waals surface area contributed by atoms with Crippen molar-refractivity contribution in [2.75, 3.05) is 14.2 Å². The molecule has 0 radical (unpaired) electrons. The van der Waals surface area contributed by atoms with Gasteiger partial charge >= 0.3 is 12.1 Å². The Balaban J connectivity index is 1.80. The van der Waals surface area contributed by atoms with Crippen LogP contribution in [0.1, 0.15) is 28.1 Å². The quantitative estimate of drug-likeness (QED) is 0.342. The molecule has 0 aliphatic heterocycles. The van der Waals surface area contributed by atoms with Crippen molar-refractivity contribution >= 4 is 29.1 Å². The number of methoxy groups -OCH3 is 2. The standard InChI is InChI=1S/C23H22F3NO4S2/c1-13-20(33-22(27-13)14-4-7-16(8-5-14)23(24,25)26)12-32-19-10-15(6-9-21(28)29)17(30-2)11-18(19)31-3/h4-5,7-8,10-11H,6,9,12H2,1-3H3,(H,28,29). The summed E-state index contributed by atoms with van der Waals surface area (Å²) >= 11 is 2.94. The van der Waals surface area contributed by atoms with E-state index in [-0.39, 0.29) is 6.42 Å². The summed E-state index contributed by atoms with van der Waals surface area (Å²) in [5.74, 6) is 0.862. The number of aryl methyl sites for hydroxylation is 2. The second-order valence-electron chi connectivity index (χ2n) is 7.10. The number of nitrogens with zero attached hydrogens (tertiary/aromatic N) is 1. The van der Waals surface area contributed by atoms with Crippen molar-refractivity contribution in [1.82, 2.24) is 4.98 Å². The van der Waals surface area contributed by atoms with E-state index >= 15 is 0 Å². The number of carbonyl (C=O) groups is 1. The second kappa shape index (κ2) is 10.5. The molecule has 0 aliphatic carbocycles. The number of benzene rings is 2. The molecule has 0 fully saturated rings. The molecule has 33 heavy (non-hydrogen) atoms. The van der Waals surface area contributed by atoms with Gasteiger partial charge in [-0.05, 0) is 37.1 Å². The zero-order valence-electron chi connectivity index (χ0n) is 18.2. The maximum Gasteiger partial charge on any atom is 0.416 e. The first-order valence-corrected chi connectivity index (χ1v) is 11.7. The molecule has 2 aromatic carbocycles. The molecule has 0 saturated carbocycles. The summed E-state index contributed by atoms with van der Waals surface area (Å²) in [6.45, 7) is 1.86. The molecule has 10 heteroatoms. The molecule has 0 unspecified atom stereocenters. The molecule has 1 heterocycles. The lowest BCUT2D eigenvalue weighted by Gasteiger charge is -2.14. The van der Waals surface area contributed by atoms with Gasteiger partial charge in [0.05, 0.1) is 30.4 Å². The Kier molecular flexibility index (Phi) is 7.91. The van der Waals surface area contributed by atoms with Crippen molar-refractivity contribution < 1.29 is 32.5 Å². The molecule has 3 aromatic rings. The summed E-state index contributed by atoms with van der Waals surface area (Å²) in [4.78, 5) is 17.3. The first-order valence-electron chi connectivity index (χ1n) is 9.85. The van der Waals surface area contributed by atoms with Gasteiger partial charge in [-0.3, -0.25) is 4.79 Å². The minimum Gasteiger partial charge on any atom is -0.496 e. The van der Waals surface area contributed by atoms with Crippen LogP contribution < -0.4 is 9.47 Å². The number of aliphatic carboxylic acids is 1. The number of alkyl halides is 3. The Hall–Kier alpha value is -2.72. The molecule has 0 spiro atoms. The lowest BCUT2D eigenvalue weighted by molar-refractivity contribution is -0.138. The number of aromatic nitrogens is 1. The van der Waals surface area contributed by atoms with Crippen molar-refractivity contribution in [3.05, 3.63) is 58.1 Å². The number of rotatable bonds is 9. The number of thiazole rings is 1. The van der Waals surface area contributed by atoms with Crippen LogP contribution in [0.15, 0.2) is 41.3 Å². The average Bonchev–Trinajstić information content (AvgIpc) is 3.15. The van der Waals surface area contributed by atoms with Gasteiger partial charge in [0.1, 0.15) is 16.5 Å². The molecule has 1 aromatic heterocycles. The molecule has 0 saturated heterocycles. The van der Waals surface area contributed by atoms with Gasteiger partial charge in [0.25, 0.3) is 0 Å². The fourth-order valence-electron chi connectivity index (χ4n) is 3.11. The number of hydrogen-bond acceptors (Lipinski definition) is 6. The molecule has 0 amide bonds. The highest BCUT2D eigenvalue weighted by Gasteiger charge is 2.30. The lowest BCUT2D eigenvalue weighted by Crippen LogP contribution is -2.03. The predicted octanol–water partition coefficient (Wildman–Crippen LogP) is 6.46. The molecule has 1 N–H and O–H groups in total. The van der Waals surface area contributed by atoms with Gasteiger partial charge in [-0.2, -0.15) is 13.2 Å². The largest absolute Gasteiger partial charge is 0.496 e. The van der Waals surface area contributed by atoms with Gasteiger partial charge in [0.15, 0.2) is 0 Å². The van der Waals surface area contributed by atoms with Crippen LogP contribution in [0.3, 0.4) is 0 Å². The van der Waals surface area contributed by atoms with E-state index in [1.54, 1.807) is 13.2 Å². The van der Waals surface area contributed by atoms with Crippen LogP contribution in [0.4, 0.5) is 13.2 Å². The van der Waals surface area contributed by atoms with Crippen LogP contribution >= 0.6 is 23.1 Å². The number of ether oxygens (including phenoxy) is 2. The number of thioether (sulfide) groups is 1. The molecular formula is C23H22F3NO4S2. The van der Waals surface area contributed by atoms with E-state index in [1.807, 2.05) is 13.0 Å². The monoisotopic (exact) mass is 497 g/mol. The Morgan fingerprint density at radius 1 is 1.12 bits per heavy atom. The van der Waals surface area contributed by atoms with E-state index in [9.17, 15) is 18.0 Å². The summed E-state index contributed by atoms with van der Waals surface area (Å²) in [6.07, 6.45) is -4.06. The van der Waals surface area contributed by atoms with Crippen LogP contribution in [0.5, 0.6) is 11.5 Å².